The zero-order valence-electron chi connectivity index (χ0n) is 18.9. The van der Waals surface area contributed by atoms with Crippen LogP contribution in [-0.2, 0) is 26.0 Å². The summed E-state index contributed by atoms with van der Waals surface area (Å²) in [5.74, 6) is -0.173. The number of anilines is 1. The summed E-state index contributed by atoms with van der Waals surface area (Å²) in [6.45, 7) is 3.75. The van der Waals surface area contributed by atoms with Crippen molar-refractivity contribution in [2.24, 2.45) is 0 Å². The van der Waals surface area contributed by atoms with Crippen LogP contribution in [0.1, 0.15) is 19.4 Å². The summed E-state index contributed by atoms with van der Waals surface area (Å²) in [7, 11) is -2.23. The first-order chi connectivity index (χ1) is 15.2. The number of methoxy groups -OCH3 is 1. The first-order valence-electron chi connectivity index (χ1n) is 10.4. The lowest BCUT2D eigenvalue weighted by molar-refractivity contribution is -0.138. The van der Waals surface area contributed by atoms with Gasteiger partial charge in [-0.3, -0.25) is 13.9 Å². The predicted octanol–water partition coefficient (Wildman–Crippen LogP) is 2.06. The number of likely N-dealkylation sites (N-methyl/N-ethyl adjacent to an activating group) is 1. The molecule has 2 amide bonds. The van der Waals surface area contributed by atoms with Crippen LogP contribution in [-0.4, -0.2) is 64.2 Å². The molecule has 0 aliphatic rings. The van der Waals surface area contributed by atoms with Gasteiger partial charge in [-0.2, -0.15) is 0 Å². The van der Waals surface area contributed by atoms with Crippen LogP contribution in [0.25, 0.3) is 0 Å². The van der Waals surface area contributed by atoms with Gasteiger partial charge in [-0.05, 0) is 50.1 Å². The van der Waals surface area contributed by atoms with Crippen LogP contribution < -0.4 is 14.4 Å². The number of ether oxygens (including phenoxy) is 1. The van der Waals surface area contributed by atoms with E-state index in [0.29, 0.717) is 24.4 Å². The lowest BCUT2D eigenvalue weighted by atomic mass is 10.1. The quantitative estimate of drug-likeness (QED) is 0.553. The maximum absolute atomic E-state index is 13.3. The molecule has 9 heteroatoms. The zero-order valence-corrected chi connectivity index (χ0v) is 19.8. The van der Waals surface area contributed by atoms with E-state index in [0.717, 1.165) is 16.1 Å². The van der Waals surface area contributed by atoms with E-state index in [2.05, 4.69) is 5.32 Å². The molecular weight excluding hydrogens is 430 g/mol. The first kappa shape index (κ1) is 25.2. The molecule has 0 unspecified atom stereocenters. The number of benzene rings is 2. The lowest BCUT2D eigenvalue weighted by Gasteiger charge is -2.31. The Hall–Kier alpha value is -3.07. The van der Waals surface area contributed by atoms with Crippen LogP contribution in [0.3, 0.4) is 0 Å². The van der Waals surface area contributed by atoms with Crippen molar-refractivity contribution in [2.45, 2.75) is 26.3 Å². The molecule has 0 spiro atoms. The van der Waals surface area contributed by atoms with E-state index >= 15 is 0 Å². The fourth-order valence-electron chi connectivity index (χ4n) is 3.25. The third-order valence-corrected chi connectivity index (χ3v) is 6.18. The van der Waals surface area contributed by atoms with Crippen molar-refractivity contribution in [1.29, 1.82) is 0 Å². The van der Waals surface area contributed by atoms with Crippen molar-refractivity contribution in [2.75, 3.05) is 37.3 Å². The average Bonchev–Trinajstić information content (AvgIpc) is 2.77. The third-order valence-electron chi connectivity index (χ3n) is 5.04. The molecule has 0 bridgehead atoms. The molecule has 0 aliphatic heterocycles. The Morgan fingerprint density at radius 1 is 1.06 bits per heavy atom. The Labute approximate surface area is 190 Å². The highest BCUT2D eigenvalue weighted by atomic mass is 32.2. The molecule has 0 heterocycles. The van der Waals surface area contributed by atoms with Crippen molar-refractivity contribution in [1.82, 2.24) is 10.2 Å². The van der Waals surface area contributed by atoms with Crippen molar-refractivity contribution in [3.05, 3.63) is 60.2 Å². The molecule has 32 heavy (non-hydrogen) atoms. The average molecular weight is 462 g/mol. The van der Waals surface area contributed by atoms with Gasteiger partial charge in [0.2, 0.25) is 21.8 Å². The molecule has 2 rings (SSSR count). The van der Waals surface area contributed by atoms with E-state index < -0.39 is 28.5 Å². The summed E-state index contributed by atoms with van der Waals surface area (Å²) in [6.07, 6.45) is 1.59. The van der Waals surface area contributed by atoms with Crippen molar-refractivity contribution in [3.63, 3.8) is 0 Å². The van der Waals surface area contributed by atoms with E-state index in [-0.39, 0.29) is 12.5 Å². The number of hydrogen-bond acceptors (Lipinski definition) is 5. The van der Waals surface area contributed by atoms with Gasteiger partial charge in [-0.25, -0.2) is 8.42 Å². The number of nitrogens with zero attached hydrogens (tertiary/aromatic N) is 2. The molecule has 0 saturated carbocycles. The van der Waals surface area contributed by atoms with E-state index in [1.54, 1.807) is 38.1 Å². The van der Waals surface area contributed by atoms with Gasteiger partial charge in [0, 0.05) is 13.1 Å². The highest BCUT2D eigenvalue weighted by Gasteiger charge is 2.29. The predicted molar refractivity (Wildman–Crippen MR) is 125 cm³/mol. The molecule has 1 N–H and O–H groups in total. The van der Waals surface area contributed by atoms with Crippen molar-refractivity contribution in [3.8, 4) is 5.75 Å². The van der Waals surface area contributed by atoms with Gasteiger partial charge in [-0.1, -0.05) is 30.3 Å². The van der Waals surface area contributed by atoms with Crippen LogP contribution >= 0.6 is 0 Å². The van der Waals surface area contributed by atoms with E-state index in [1.807, 2.05) is 30.3 Å². The molecule has 0 fully saturated rings. The molecular formula is C23H31N3O5S. The molecule has 174 valence electrons. The topological polar surface area (TPSA) is 96.0 Å². The van der Waals surface area contributed by atoms with Gasteiger partial charge < -0.3 is 15.0 Å². The second-order valence-corrected chi connectivity index (χ2v) is 9.27. The van der Waals surface area contributed by atoms with Gasteiger partial charge in [-0.15, -0.1) is 0 Å². The van der Waals surface area contributed by atoms with E-state index in [4.69, 9.17) is 4.74 Å². The summed E-state index contributed by atoms with van der Waals surface area (Å²) in [6, 6.07) is 15.3. The lowest BCUT2D eigenvalue weighted by Crippen LogP contribution is -2.52. The Kier molecular flexibility index (Phi) is 9.07. The largest absolute Gasteiger partial charge is 0.497 e. The molecule has 0 radical (unpaired) electrons. The van der Waals surface area contributed by atoms with Gasteiger partial charge in [0.15, 0.2) is 0 Å². The van der Waals surface area contributed by atoms with Crippen molar-refractivity contribution >= 4 is 27.5 Å². The van der Waals surface area contributed by atoms with Crippen LogP contribution in [0.2, 0.25) is 0 Å². The Balaban J connectivity index is 2.28. The normalized spacial score (nSPS) is 12.0. The molecule has 1 atom stereocenters. The Bertz CT molecular complexity index is 994. The number of nitrogens with one attached hydrogen (secondary N) is 1. The van der Waals surface area contributed by atoms with Gasteiger partial charge >= 0.3 is 0 Å². The minimum atomic E-state index is -3.74. The van der Waals surface area contributed by atoms with Gasteiger partial charge in [0.25, 0.3) is 0 Å². The summed E-state index contributed by atoms with van der Waals surface area (Å²) in [5, 5.41) is 2.73. The summed E-state index contributed by atoms with van der Waals surface area (Å²) < 4.78 is 31.1. The zero-order chi connectivity index (χ0) is 23.7. The molecule has 0 aliphatic carbocycles. The standard InChI is InChI=1S/C23H31N3O5S/c1-5-24-23(28)18(2)25(16-15-19-9-7-6-8-10-19)22(27)17-26(32(4,29)30)20-11-13-21(31-3)14-12-20/h6-14,18H,5,15-17H2,1-4H3,(H,24,28)/t18-/m1/s1. The van der Waals surface area contributed by atoms with Crippen molar-refractivity contribution < 1.29 is 22.7 Å². The number of sulfonamides is 1. The minimum absolute atomic E-state index is 0.279. The summed E-state index contributed by atoms with van der Waals surface area (Å²) >= 11 is 0. The fourth-order valence-corrected chi connectivity index (χ4v) is 4.10. The number of amides is 2. The number of carbonyl (C=O) groups excluding carboxylic acids is 2. The molecule has 8 nitrogen and oxygen atoms in total. The second-order valence-electron chi connectivity index (χ2n) is 7.36. The monoisotopic (exact) mass is 461 g/mol. The minimum Gasteiger partial charge on any atom is -0.497 e. The molecule has 2 aromatic rings. The maximum atomic E-state index is 13.3. The SMILES string of the molecule is CCNC(=O)[C@@H](C)N(CCc1ccccc1)C(=O)CN(c1ccc(OC)cc1)S(C)(=O)=O. The first-order valence-corrected chi connectivity index (χ1v) is 12.2. The van der Waals surface area contributed by atoms with Crippen LogP contribution in [0.5, 0.6) is 5.75 Å². The third kappa shape index (κ3) is 6.98. The number of rotatable bonds is 11. The van der Waals surface area contributed by atoms with E-state index in [9.17, 15) is 18.0 Å². The van der Waals surface area contributed by atoms with Gasteiger partial charge in [0.1, 0.15) is 18.3 Å². The Morgan fingerprint density at radius 2 is 1.69 bits per heavy atom. The highest BCUT2D eigenvalue weighted by Crippen LogP contribution is 2.22. The summed E-state index contributed by atoms with van der Waals surface area (Å²) in [5.41, 5.74) is 1.36. The highest BCUT2D eigenvalue weighted by molar-refractivity contribution is 7.92. The number of carbonyl (C=O) groups is 2. The van der Waals surface area contributed by atoms with E-state index in [1.165, 1.54) is 12.0 Å². The Morgan fingerprint density at radius 3 is 2.22 bits per heavy atom. The van der Waals surface area contributed by atoms with Crippen LogP contribution in [0.4, 0.5) is 5.69 Å². The smallest absolute Gasteiger partial charge is 0.244 e. The molecule has 0 saturated heterocycles. The summed E-state index contributed by atoms with van der Waals surface area (Å²) in [4.78, 5) is 27.2. The molecule has 2 aromatic carbocycles. The molecule has 0 aromatic heterocycles. The fraction of sp³-hybridized carbons (Fsp3) is 0.391. The maximum Gasteiger partial charge on any atom is 0.244 e. The number of hydrogen-bond donors (Lipinski definition) is 1. The second kappa shape index (κ2) is 11.5. The van der Waals surface area contributed by atoms with Crippen LogP contribution in [0.15, 0.2) is 54.6 Å². The van der Waals surface area contributed by atoms with Gasteiger partial charge in [0.05, 0.1) is 19.1 Å². The van der Waals surface area contributed by atoms with Crippen LogP contribution in [0, 0.1) is 0 Å².